The van der Waals surface area contributed by atoms with E-state index in [2.05, 4.69) is 15.0 Å². The molecule has 0 radical (unpaired) electrons. The van der Waals surface area contributed by atoms with E-state index in [1.54, 1.807) is 54.2 Å². The Morgan fingerprint density at radius 1 is 1.21 bits per heavy atom. The van der Waals surface area contributed by atoms with Crippen LogP contribution in [-0.2, 0) is 14.8 Å². The summed E-state index contributed by atoms with van der Waals surface area (Å²) in [5, 5.41) is 4.37. The number of carbonyl (C=O) groups excluding carboxylic acids is 1. The predicted molar refractivity (Wildman–Crippen MR) is 108 cm³/mol. The van der Waals surface area contributed by atoms with Crippen LogP contribution in [0.25, 0.3) is 0 Å². The molecule has 3 aromatic rings. The van der Waals surface area contributed by atoms with Crippen molar-refractivity contribution in [1.82, 2.24) is 9.71 Å². The molecule has 0 aliphatic rings. The smallest absolute Gasteiger partial charge is 0.250 e. The third kappa shape index (κ3) is 4.94. The Kier molecular flexibility index (Phi) is 6.08. The Bertz CT molecular complexity index is 1050. The lowest BCUT2D eigenvalue weighted by atomic mass is 10.2. The number of nitrogens with one attached hydrogen (secondary N) is 2. The quantitative estimate of drug-likeness (QED) is 0.613. The highest BCUT2D eigenvalue weighted by Crippen LogP contribution is 2.27. The van der Waals surface area contributed by atoms with Gasteiger partial charge in [0.1, 0.15) is 15.7 Å². The number of nitrogens with zero attached hydrogens (tertiary/aromatic N) is 1. The summed E-state index contributed by atoms with van der Waals surface area (Å²) in [7, 11) is -3.72. The molecule has 146 valence electrons. The van der Waals surface area contributed by atoms with Gasteiger partial charge in [-0.25, -0.2) is 8.42 Å². The van der Waals surface area contributed by atoms with Gasteiger partial charge in [-0.05, 0) is 61.2 Å². The van der Waals surface area contributed by atoms with Crippen molar-refractivity contribution in [2.24, 2.45) is 0 Å². The third-order valence-corrected chi connectivity index (χ3v) is 6.73. The molecule has 0 saturated carbocycles. The minimum absolute atomic E-state index is 0.167. The highest BCUT2D eigenvalue weighted by atomic mass is 32.2. The van der Waals surface area contributed by atoms with Gasteiger partial charge in [-0.1, -0.05) is 6.07 Å². The van der Waals surface area contributed by atoms with Crippen molar-refractivity contribution in [3.05, 3.63) is 65.8 Å². The summed E-state index contributed by atoms with van der Waals surface area (Å²) >= 11 is 1.09. The highest BCUT2D eigenvalue weighted by molar-refractivity contribution is 7.91. The number of ether oxygens (including phenoxy) is 1. The first kappa shape index (κ1) is 20.0. The average Bonchev–Trinajstić information content (AvgIpc) is 3.20. The highest BCUT2D eigenvalue weighted by Gasteiger charge is 2.23. The fraction of sp³-hybridized carbons (Fsp3) is 0.158. The number of benzene rings is 1. The molecule has 7 nitrogen and oxygen atoms in total. The van der Waals surface area contributed by atoms with Crippen molar-refractivity contribution < 1.29 is 17.9 Å². The van der Waals surface area contributed by atoms with E-state index in [9.17, 15) is 13.2 Å². The molecular weight excluding hydrogens is 398 g/mol. The Morgan fingerprint density at radius 2 is 2.04 bits per heavy atom. The fourth-order valence-electron chi connectivity index (χ4n) is 2.39. The topological polar surface area (TPSA) is 97.4 Å². The van der Waals surface area contributed by atoms with Crippen LogP contribution >= 0.6 is 11.3 Å². The van der Waals surface area contributed by atoms with Gasteiger partial charge in [0.2, 0.25) is 5.91 Å². The van der Waals surface area contributed by atoms with Crippen LogP contribution in [0.3, 0.4) is 0 Å². The number of aryl methyl sites for hydroxylation is 1. The largest absolute Gasteiger partial charge is 0.455 e. The molecule has 9 heteroatoms. The number of hydrogen-bond acceptors (Lipinski definition) is 6. The zero-order valence-corrected chi connectivity index (χ0v) is 16.9. The summed E-state index contributed by atoms with van der Waals surface area (Å²) in [6, 6.07) is 10.9. The van der Waals surface area contributed by atoms with Crippen LogP contribution < -0.4 is 14.8 Å². The maximum atomic E-state index is 12.4. The van der Waals surface area contributed by atoms with E-state index in [-0.39, 0.29) is 4.21 Å². The lowest BCUT2D eigenvalue weighted by molar-refractivity contribution is -0.117. The molecule has 1 aromatic carbocycles. The van der Waals surface area contributed by atoms with E-state index in [0.717, 1.165) is 16.9 Å². The molecule has 0 aliphatic carbocycles. The maximum Gasteiger partial charge on any atom is 0.250 e. The van der Waals surface area contributed by atoms with Gasteiger partial charge in [0.05, 0.1) is 12.2 Å². The van der Waals surface area contributed by atoms with E-state index in [0.29, 0.717) is 17.2 Å². The van der Waals surface area contributed by atoms with Gasteiger partial charge < -0.3 is 10.1 Å². The fourth-order valence-corrected chi connectivity index (χ4v) is 4.60. The summed E-state index contributed by atoms with van der Waals surface area (Å²) in [4.78, 5) is 16.4. The SMILES string of the molecule is Cc1cc(NC(=O)C(C)NS(=O)(=O)c2cccs2)ccc1Oc1cccnc1. The molecule has 1 amide bonds. The molecular formula is C19H19N3O4S2. The van der Waals surface area contributed by atoms with Gasteiger partial charge in [0.15, 0.2) is 0 Å². The zero-order valence-electron chi connectivity index (χ0n) is 15.2. The number of amides is 1. The number of anilines is 1. The van der Waals surface area contributed by atoms with E-state index in [1.165, 1.54) is 13.0 Å². The van der Waals surface area contributed by atoms with Crippen molar-refractivity contribution in [2.75, 3.05) is 5.32 Å². The second-order valence-corrected chi connectivity index (χ2v) is 8.92. The van der Waals surface area contributed by atoms with Gasteiger partial charge in [0.25, 0.3) is 10.0 Å². The van der Waals surface area contributed by atoms with Crippen molar-refractivity contribution in [1.29, 1.82) is 0 Å². The molecule has 1 unspecified atom stereocenters. The van der Waals surface area contributed by atoms with Crippen molar-refractivity contribution in [3.63, 3.8) is 0 Å². The second-order valence-electron chi connectivity index (χ2n) is 6.04. The first-order chi connectivity index (χ1) is 13.3. The zero-order chi connectivity index (χ0) is 20.1. The molecule has 0 saturated heterocycles. The van der Waals surface area contributed by atoms with Crippen molar-refractivity contribution in [2.45, 2.75) is 24.1 Å². The van der Waals surface area contributed by atoms with E-state index in [4.69, 9.17) is 4.74 Å². The number of carbonyl (C=O) groups is 1. The third-order valence-electron chi connectivity index (χ3n) is 3.79. The van der Waals surface area contributed by atoms with E-state index < -0.39 is 22.0 Å². The molecule has 2 N–H and O–H groups in total. The predicted octanol–water partition coefficient (Wildman–Crippen LogP) is 3.55. The first-order valence-electron chi connectivity index (χ1n) is 8.40. The van der Waals surface area contributed by atoms with E-state index in [1.807, 2.05) is 6.92 Å². The Hall–Kier alpha value is -2.75. The summed E-state index contributed by atoms with van der Waals surface area (Å²) in [6.07, 6.45) is 3.27. The van der Waals surface area contributed by atoms with Crippen LogP contribution in [0.2, 0.25) is 0 Å². The molecule has 0 spiro atoms. The molecule has 1 atom stereocenters. The van der Waals surface area contributed by atoms with Crippen LogP contribution in [0.1, 0.15) is 12.5 Å². The van der Waals surface area contributed by atoms with Crippen molar-refractivity contribution in [3.8, 4) is 11.5 Å². The molecule has 0 aliphatic heterocycles. The summed E-state index contributed by atoms with van der Waals surface area (Å²) in [6.45, 7) is 3.34. The van der Waals surface area contributed by atoms with Crippen LogP contribution in [-0.4, -0.2) is 25.4 Å². The molecule has 0 bridgehead atoms. The van der Waals surface area contributed by atoms with Gasteiger partial charge in [-0.2, -0.15) is 4.72 Å². The molecule has 2 heterocycles. The molecule has 2 aromatic heterocycles. The van der Waals surface area contributed by atoms with Crippen LogP contribution in [0, 0.1) is 6.92 Å². The van der Waals surface area contributed by atoms with E-state index >= 15 is 0 Å². The Labute approximate surface area is 167 Å². The Morgan fingerprint density at radius 3 is 2.68 bits per heavy atom. The number of sulfonamides is 1. The molecule has 0 fully saturated rings. The van der Waals surface area contributed by atoms with Gasteiger partial charge in [0, 0.05) is 11.9 Å². The van der Waals surface area contributed by atoms with Crippen LogP contribution in [0.5, 0.6) is 11.5 Å². The number of hydrogen-bond donors (Lipinski definition) is 2. The monoisotopic (exact) mass is 417 g/mol. The molecule has 28 heavy (non-hydrogen) atoms. The Balaban J connectivity index is 1.64. The number of pyridine rings is 1. The van der Waals surface area contributed by atoms with Gasteiger partial charge in [-0.3, -0.25) is 9.78 Å². The number of thiophene rings is 1. The lowest BCUT2D eigenvalue weighted by Gasteiger charge is -2.15. The molecule has 3 rings (SSSR count). The summed E-state index contributed by atoms with van der Waals surface area (Å²) < 4.78 is 32.8. The van der Waals surface area contributed by atoms with Gasteiger partial charge >= 0.3 is 0 Å². The number of rotatable bonds is 7. The standard InChI is InChI=1S/C19H19N3O4S2/c1-13-11-15(7-8-17(13)26-16-5-3-9-20-12-16)21-19(23)14(2)22-28(24,25)18-6-4-10-27-18/h3-12,14,22H,1-2H3,(H,21,23). The summed E-state index contributed by atoms with van der Waals surface area (Å²) in [5.41, 5.74) is 1.36. The van der Waals surface area contributed by atoms with Crippen LogP contribution in [0.15, 0.2) is 64.4 Å². The summed E-state index contributed by atoms with van der Waals surface area (Å²) in [5.74, 6) is 0.789. The maximum absolute atomic E-state index is 12.4. The second kappa shape index (κ2) is 8.51. The minimum atomic E-state index is -3.72. The normalized spacial score (nSPS) is 12.4. The lowest BCUT2D eigenvalue weighted by Crippen LogP contribution is -2.41. The van der Waals surface area contributed by atoms with Crippen molar-refractivity contribution >= 4 is 33.0 Å². The van der Waals surface area contributed by atoms with Gasteiger partial charge in [-0.15, -0.1) is 11.3 Å². The average molecular weight is 418 g/mol. The first-order valence-corrected chi connectivity index (χ1v) is 10.8. The minimum Gasteiger partial charge on any atom is -0.455 e. The van der Waals surface area contributed by atoms with Crippen LogP contribution in [0.4, 0.5) is 5.69 Å². The number of aromatic nitrogens is 1.